The molecule has 0 radical (unpaired) electrons. The first-order valence-electron chi connectivity index (χ1n) is 10.5. The number of benzene rings is 1. The highest BCUT2D eigenvalue weighted by atomic mass is 16.2. The summed E-state index contributed by atoms with van der Waals surface area (Å²) >= 11 is 0. The molecule has 4 rings (SSSR count). The molecule has 2 bridgehead atoms. The summed E-state index contributed by atoms with van der Waals surface area (Å²) in [5.41, 5.74) is 7.70. The highest BCUT2D eigenvalue weighted by Gasteiger charge is 2.49. The first kappa shape index (κ1) is 18.5. The van der Waals surface area contributed by atoms with Crippen molar-refractivity contribution in [1.82, 2.24) is 4.90 Å². The van der Waals surface area contributed by atoms with Crippen molar-refractivity contribution < 1.29 is 9.59 Å². The summed E-state index contributed by atoms with van der Waals surface area (Å²) < 4.78 is 0. The summed E-state index contributed by atoms with van der Waals surface area (Å²) in [7, 11) is 1.91. The predicted octanol–water partition coefficient (Wildman–Crippen LogP) is 3.40. The zero-order chi connectivity index (χ0) is 19.0. The van der Waals surface area contributed by atoms with E-state index < -0.39 is 0 Å². The fourth-order valence-corrected chi connectivity index (χ4v) is 5.48. The second-order valence-corrected chi connectivity index (χ2v) is 8.71. The standard InChI is InChI=1S/C22H31N3O2/c1-25(18-5-3-2-4-6-18)22(27)14-9-11-17(12-10-14)24-21(26)19-15-7-8-16(13-15)20(19)23/h9-12,15-16,18-20H,2-8,13,23H2,1H3,(H,24,26). The van der Waals surface area contributed by atoms with Crippen LogP contribution in [0.15, 0.2) is 24.3 Å². The van der Waals surface area contributed by atoms with Gasteiger partial charge in [-0.1, -0.05) is 19.3 Å². The molecule has 1 aromatic carbocycles. The van der Waals surface area contributed by atoms with E-state index >= 15 is 0 Å². The number of rotatable bonds is 4. The molecular weight excluding hydrogens is 338 g/mol. The average Bonchev–Trinajstić information content (AvgIpc) is 3.29. The lowest BCUT2D eigenvalue weighted by Crippen LogP contribution is -2.42. The molecule has 4 unspecified atom stereocenters. The van der Waals surface area contributed by atoms with Gasteiger partial charge in [0.25, 0.3) is 5.91 Å². The Morgan fingerprint density at radius 3 is 2.30 bits per heavy atom. The highest BCUT2D eigenvalue weighted by molar-refractivity contribution is 5.96. The predicted molar refractivity (Wildman–Crippen MR) is 106 cm³/mol. The van der Waals surface area contributed by atoms with Gasteiger partial charge in [-0.05, 0) is 68.2 Å². The van der Waals surface area contributed by atoms with Gasteiger partial charge in [0.15, 0.2) is 0 Å². The number of hydrogen-bond donors (Lipinski definition) is 2. The number of carbonyl (C=O) groups is 2. The molecule has 1 aromatic rings. The van der Waals surface area contributed by atoms with Gasteiger partial charge in [0, 0.05) is 30.4 Å². The topological polar surface area (TPSA) is 75.4 Å². The van der Waals surface area contributed by atoms with Crippen molar-refractivity contribution in [2.24, 2.45) is 23.5 Å². The molecule has 27 heavy (non-hydrogen) atoms. The highest BCUT2D eigenvalue weighted by Crippen LogP contribution is 2.47. The van der Waals surface area contributed by atoms with Crippen LogP contribution in [0.4, 0.5) is 5.69 Å². The number of hydrogen-bond acceptors (Lipinski definition) is 3. The van der Waals surface area contributed by atoms with Crippen molar-refractivity contribution >= 4 is 17.5 Å². The summed E-state index contributed by atoms with van der Waals surface area (Å²) in [5, 5.41) is 3.01. The molecule has 0 heterocycles. The molecule has 0 aromatic heterocycles. The van der Waals surface area contributed by atoms with Gasteiger partial charge in [0.05, 0.1) is 5.92 Å². The van der Waals surface area contributed by atoms with E-state index in [-0.39, 0.29) is 23.8 Å². The number of nitrogens with two attached hydrogens (primary N) is 1. The Balaban J connectivity index is 1.37. The molecule has 2 amide bonds. The van der Waals surface area contributed by atoms with Crippen LogP contribution in [-0.4, -0.2) is 35.8 Å². The molecule has 5 heteroatoms. The summed E-state index contributed by atoms with van der Waals surface area (Å²) in [4.78, 5) is 27.3. The van der Waals surface area contributed by atoms with E-state index in [4.69, 9.17) is 5.73 Å². The molecule has 4 atom stereocenters. The first-order valence-corrected chi connectivity index (χ1v) is 10.5. The first-order chi connectivity index (χ1) is 13.0. The normalized spacial score (nSPS) is 30.3. The third-order valence-electron chi connectivity index (χ3n) is 7.13. The minimum atomic E-state index is -0.0671. The maximum atomic E-state index is 12.7. The number of amides is 2. The minimum absolute atomic E-state index is 0.00579. The lowest BCUT2D eigenvalue weighted by Gasteiger charge is -2.31. The zero-order valence-electron chi connectivity index (χ0n) is 16.2. The lowest BCUT2D eigenvalue weighted by atomic mass is 9.84. The number of anilines is 1. The van der Waals surface area contributed by atoms with E-state index in [1.807, 2.05) is 36.2 Å². The lowest BCUT2D eigenvalue weighted by molar-refractivity contribution is -0.121. The monoisotopic (exact) mass is 369 g/mol. The fraction of sp³-hybridized carbons (Fsp3) is 0.636. The van der Waals surface area contributed by atoms with Crippen LogP contribution in [0.25, 0.3) is 0 Å². The van der Waals surface area contributed by atoms with Gasteiger partial charge in [-0.2, -0.15) is 0 Å². The van der Waals surface area contributed by atoms with Gasteiger partial charge in [0.1, 0.15) is 0 Å². The number of nitrogens with zero attached hydrogens (tertiary/aromatic N) is 1. The van der Waals surface area contributed by atoms with Gasteiger partial charge in [-0.25, -0.2) is 0 Å². The van der Waals surface area contributed by atoms with Crippen LogP contribution in [0.3, 0.4) is 0 Å². The van der Waals surface area contributed by atoms with Crippen LogP contribution >= 0.6 is 0 Å². The van der Waals surface area contributed by atoms with Gasteiger partial charge in [0.2, 0.25) is 5.91 Å². The molecule has 0 spiro atoms. The maximum Gasteiger partial charge on any atom is 0.253 e. The molecule has 3 N–H and O–H groups in total. The van der Waals surface area contributed by atoms with Crippen molar-refractivity contribution in [2.75, 3.05) is 12.4 Å². The van der Waals surface area contributed by atoms with Crippen molar-refractivity contribution in [1.29, 1.82) is 0 Å². The van der Waals surface area contributed by atoms with Gasteiger partial charge in [-0.3, -0.25) is 9.59 Å². The minimum Gasteiger partial charge on any atom is -0.339 e. The van der Waals surface area contributed by atoms with Crippen LogP contribution in [0.1, 0.15) is 61.7 Å². The van der Waals surface area contributed by atoms with Crippen molar-refractivity contribution in [3.05, 3.63) is 29.8 Å². The smallest absolute Gasteiger partial charge is 0.253 e. The van der Waals surface area contributed by atoms with Crippen molar-refractivity contribution in [2.45, 2.75) is 63.5 Å². The van der Waals surface area contributed by atoms with Crippen LogP contribution < -0.4 is 11.1 Å². The van der Waals surface area contributed by atoms with E-state index in [1.165, 1.54) is 25.7 Å². The molecule has 3 fully saturated rings. The van der Waals surface area contributed by atoms with Gasteiger partial charge < -0.3 is 16.0 Å². The number of nitrogens with one attached hydrogen (secondary N) is 1. The molecule has 0 saturated heterocycles. The van der Waals surface area contributed by atoms with E-state index in [1.54, 1.807) is 0 Å². The SMILES string of the molecule is CN(C(=O)c1ccc(NC(=O)C2C3CCC(C3)C2N)cc1)C1CCCCC1. The Labute approximate surface area is 161 Å². The number of fused-ring (bicyclic) bond motifs is 2. The van der Waals surface area contributed by atoms with E-state index in [2.05, 4.69) is 5.32 Å². The molecule has 3 aliphatic carbocycles. The molecule has 146 valence electrons. The quantitative estimate of drug-likeness (QED) is 0.854. The molecule has 0 aliphatic heterocycles. The van der Waals surface area contributed by atoms with E-state index in [0.29, 0.717) is 23.4 Å². The van der Waals surface area contributed by atoms with Crippen LogP contribution in [0.5, 0.6) is 0 Å². The average molecular weight is 370 g/mol. The Bertz CT molecular complexity index is 694. The van der Waals surface area contributed by atoms with Crippen molar-refractivity contribution in [3.63, 3.8) is 0 Å². The summed E-state index contributed by atoms with van der Waals surface area (Å²) in [6.45, 7) is 0. The van der Waals surface area contributed by atoms with Gasteiger partial charge in [-0.15, -0.1) is 0 Å². The number of carbonyl (C=O) groups excluding carboxylic acids is 2. The van der Waals surface area contributed by atoms with Crippen molar-refractivity contribution in [3.8, 4) is 0 Å². The van der Waals surface area contributed by atoms with Crippen LogP contribution in [0, 0.1) is 17.8 Å². The van der Waals surface area contributed by atoms with Crippen LogP contribution in [0.2, 0.25) is 0 Å². The summed E-state index contributed by atoms with van der Waals surface area (Å²) in [6, 6.07) is 7.64. The fourth-order valence-electron chi connectivity index (χ4n) is 5.48. The Kier molecular flexibility index (Phi) is 5.22. The molecular formula is C22H31N3O2. The summed E-state index contributed by atoms with van der Waals surface area (Å²) in [5.74, 6) is 0.988. The Morgan fingerprint density at radius 1 is 1.00 bits per heavy atom. The second kappa shape index (κ2) is 7.63. The third kappa shape index (κ3) is 3.62. The third-order valence-corrected chi connectivity index (χ3v) is 7.13. The molecule has 5 nitrogen and oxygen atoms in total. The van der Waals surface area contributed by atoms with Gasteiger partial charge >= 0.3 is 0 Å². The zero-order valence-corrected chi connectivity index (χ0v) is 16.2. The summed E-state index contributed by atoms with van der Waals surface area (Å²) in [6.07, 6.45) is 9.27. The largest absolute Gasteiger partial charge is 0.339 e. The molecule has 3 saturated carbocycles. The van der Waals surface area contributed by atoms with E-state index in [9.17, 15) is 9.59 Å². The van der Waals surface area contributed by atoms with E-state index in [0.717, 1.165) is 31.4 Å². The second-order valence-electron chi connectivity index (χ2n) is 8.71. The molecule has 3 aliphatic rings. The maximum absolute atomic E-state index is 12.7. The van der Waals surface area contributed by atoms with Crippen LogP contribution in [-0.2, 0) is 4.79 Å². The Hall–Kier alpha value is -1.88. The Morgan fingerprint density at radius 2 is 1.67 bits per heavy atom.